The summed E-state index contributed by atoms with van der Waals surface area (Å²) in [6.45, 7) is 0. The zero-order valence-electron chi connectivity index (χ0n) is 6.11. The quantitative estimate of drug-likeness (QED) is 0.697. The second-order valence-electron chi connectivity index (χ2n) is 1.86. The van der Waals surface area contributed by atoms with Crippen molar-refractivity contribution in [3.8, 4) is 5.75 Å². The third kappa shape index (κ3) is 1.62. The van der Waals surface area contributed by atoms with Gasteiger partial charge in [-0.05, 0) is 11.6 Å². The van der Waals surface area contributed by atoms with Crippen molar-refractivity contribution in [1.29, 1.82) is 0 Å². The molecule has 1 aromatic rings. The van der Waals surface area contributed by atoms with E-state index in [1.54, 1.807) is 0 Å². The molecule has 0 spiro atoms. The Morgan fingerprint density at radius 2 is 2.42 bits per heavy atom. The van der Waals surface area contributed by atoms with Crippen LogP contribution in [0.15, 0.2) is 6.20 Å². The second kappa shape index (κ2) is 3.36. The highest BCUT2D eigenvalue weighted by Crippen LogP contribution is 2.15. The van der Waals surface area contributed by atoms with Crippen molar-refractivity contribution in [2.45, 2.75) is 0 Å². The standard InChI is InChI=1S/C6H5ClN2O3/c1-12-3-2-8-6(7)9-4(3)5(10)11/h2H,1H3,(H,10,11). The molecule has 0 fully saturated rings. The molecule has 1 heterocycles. The van der Waals surface area contributed by atoms with Gasteiger partial charge in [0, 0.05) is 0 Å². The Balaban J connectivity index is 3.21. The molecular formula is C6H5ClN2O3. The van der Waals surface area contributed by atoms with Crippen LogP contribution in [-0.2, 0) is 0 Å². The van der Waals surface area contributed by atoms with Crippen molar-refractivity contribution in [3.63, 3.8) is 0 Å². The molecule has 0 saturated carbocycles. The average molecular weight is 189 g/mol. The van der Waals surface area contributed by atoms with Gasteiger partial charge in [-0.3, -0.25) is 0 Å². The van der Waals surface area contributed by atoms with Crippen molar-refractivity contribution in [3.05, 3.63) is 17.2 Å². The Morgan fingerprint density at radius 3 is 2.92 bits per heavy atom. The summed E-state index contributed by atoms with van der Waals surface area (Å²) in [5, 5.41) is 8.47. The molecule has 0 unspecified atom stereocenters. The summed E-state index contributed by atoms with van der Waals surface area (Å²) in [6.07, 6.45) is 1.21. The lowest BCUT2D eigenvalue weighted by molar-refractivity contribution is 0.0686. The van der Waals surface area contributed by atoms with Crippen LogP contribution >= 0.6 is 11.6 Å². The average Bonchev–Trinajstić information content (AvgIpc) is 2.04. The first-order valence-electron chi connectivity index (χ1n) is 2.95. The smallest absolute Gasteiger partial charge is 0.358 e. The number of nitrogens with zero attached hydrogens (tertiary/aromatic N) is 2. The second-order valence-corrected chi connectivity index (χ2v) is 2.20. The maximum Gasteiger partial charge on any atom is 0.358 e. The summed E-state index contributed by atoms with van der Waals surface area (Å²) in [4.78, 5) is 17.5. The molecule has 5 nitrogen and oxygen atoms in total. The Kier molecular flexibility index (Phi) is 2.44. The van der Waals surface area contributed by atoms with Crippen LogP contribution in [0.25, 0.3) is 0 Å². The predicted molar refractivity (Wildman–Crippen MR) is 40.6 cm³/mol. The first-order chi connectivity index (χ1) is 5.65. The summed E-state index contributed by atoms with van der Waals surface area (Å²) < 4.78 is 4.70. The molecule has 6 heteroatoms. The van der Waals surface area contributed by atoms with E-state index in [2.05, 4.69) is 9.97 Å². The minimum absolute atomic E-state index is 0.0897. The van der Waals surface area contributed by atoms with E-state index in [0.717, 1.165) is 0 Å². The maximum absolute atomic E-state index is 10.5. The van der Waals surface area contributed by atoms with E-state index in [4.69, 9.17) is 21.4 Å². The van der Waals surface area contributed by atoms with Crippen LogP contribution in [0.4, 0.5) is 0 Å². The monoisotopic (exact) mass is 188 g/mol. The number of carboxylic acid groups (broad SMARTS) is 1. The Morgan fingerprint density at radius 1 is 1.75 bits per heavy atom. The van der Waals surface area contributed by atoms with E-state index in [-0.39, 0.29) is 16.7 Å². The lowest BCUT2D eigenvalue weighted by Gasteiger charge is -2.01. The van der Waals surface area contributed by atoms with Crippen LogP contribution in [-0.4, -0.2) is 28.2 Å². The number of ether oxygens (including phenoxy) is 1. The number of aromatic carboxylic acids is 1. The molecule has 0 aliphatic carbocycles. The molecule has 0 radical (unpaired) electrons. The third-order valence-corrected chi connectivity index (χ3v) is 1.33. The molecule has 0 saturated heterocycles. The van der Waals surface area contributed by atoms with E-state index in [1.165, 1.54) is 13.3 Å². The normalized spacial score (nSPS) is 9.50. The molecule has 1 aromatic heterocycles. The highest BCUT2D eigenvalue weighted by Gasteiger charge is 2.13. The van der Waals surface area contributed by atoms with Gasteiger partial charge in [-0.25, -0.2) is 14.8 Å². The van der Waals surface area contributed by atoms with Gasteiger partial charge < -0.3 is 9.84 Å². The number of rotatable bonds is 2. The van der Waals surface area contributed by atoms with Gasteiger partial charge in [0.05, 0.1) is 13.3 Å². The minimum atomic E-state index is -1.20. The molecular weight excluding hydrogens is 184 g/mol. The molecule has 64 valence electrons. The van der Waals surface area contributed by atoms with Crippen LogP contribution in [0, 0.1) is 0 Å². The molecule has 0 atom stereocenters. The number of halogens is 1. The SMILES string of the molecule is COc1cnc(Cl)nc1C(=O)O. The largest absolute Gasteiger partial charge is 0.493 e. The Hall–Kier alpha value is -1.36. The number of carboxylic acids is 1. The number of hydrogen-bond acceptors (Lipinski definition) is 4. The molecule has 12 heavy (non-hydrogen) atoms. The topological polar surface area (TPSA) is 72.3 Å². The van der Waals surface area contributed by atoms with E-state index >= 15 is 0 Å². The highest BCUT2D eigenvalue weighted by molar-refractivity contribution is 6.28. The van der Waals surface area contributed by atoms with Gasteiger partial charge in [0.15, 0.2) is 11.4 Å². The summed E-state index contributed by atoms with van der Waals surface area (Å²) in [5.41, 5.74) is -0.238. The van der Waals surface area contributed by atoms with Crippen molar-refractivity contribution in [2.24, 2.45) is 0 Å². The first-order valence-corrected chi connectivity index (χ1v) is 3.32. The Bertz CT molecular complexity index is 316. The van der Waals surface area contributed by atoms with Gasteiger partial charge in [0.25, 0.3) is 0 Å². The van der Waals surface area contributed by atoms with E-state index < -0.39 is 5.97 Å². The molecule has 1 rings (SSSR count). The number of hydrogen-bond donors (Lipinski definition) is 1. The minimum Gasteiger partial charge on any atom is -0.493 e. The summed E-state index contributed by atoms with van der Waals surface area (Å²) in [5.74, 6) is -1.11. The van der Waals surface area contributed by atoms with E-state index in [0.29, 0.717) is 0 Å². The number of carbonyl (C=O) groups is 1. The van der Waals surface area contributed by atoms with Crippen molar-refractivity contribution in [1.82, 2.24) is 9.97 Å². The number of aromatic nitrogens is 2. The first kappa shape index (κ1) is 8.73. The summed E-state index contributed by atoms with van der Waals surface area (Å²) in [7, 11) is 1.33. The zero-order chi connectivity index (χ0) is 9.14. The lowest BCUT2D eigenvalue weighted by Crippen LogP contribution is -2.04. The van der Waals surface area contributed by atoms with Crippen LogP contribution < -0.4 is 4.74 Å². The fourth-order valence-electron chi connectivity index (χ4n) is 0.652. The van der Waals surface area contributed by atoms with Gasteiger partial charge in [0.2, 0.25) is 5.28 Å². The molecule has 0 aliphatic heterocycles. The zero-order valence-corrected chi connectivity index (χ0v) is 6.87. The molecule has 0 aromatic carbocycles. The maximum atomic E-state index is 10.5. The van der Waals surface area contributed by atoms with Gasteiger partial charge in [-0.1, -0.05) is 0 Å². The van der Waals surface area contributed by atoms with Gasteiger partial charge in [0.1, 0.15) is 0 Å². The van der Waals surface area contributed by atoms with Gasteiger partial charge >= 0.3 is 5.97 Å². The highest BCUT2D eigenvalue weighted by atomic mass is 35.5. The number of methoxy groups -OCH3 is 1. The van der Waals surface area contributed by atoms with Crippen LogP contribution in [0.5, 0.6) is 5.75 Å². The van der Waals surface area contributed by atoms with Crippen molar-refractivity contribution < 1.29 is 14.6 Å². The van der Waals surface area contributed by atoms with Crippen molar-refractivity contribution in [2.75, 3.05) is 7.11 Å². The summed E-state index contributed by atoms with van der Waals surface area (Å²) >= 11 is 5.38. The molecule has 0 amide bonds. The van der Waals surface area contributed by atoms with E-state index in [1.807, 2.05) is 0 Å². The summed E-state index contributed by atoms with van der Waals surface area (Å²) in [6, 6.07) is 0. The molecule has 0 bridgehead atoms. The van der Waals surface area contributed by atoms with E-state index in [9.17, 15) is 4.79 Å². The van der Waals surface area contributed by atoms with Crippen LogP contribution in [0.2, 0.25) is 5.28 Å². The fourth-order valence-corrected chi connectivity index (χ4v) is 0.785. The molecule has 0 aliphatic rings. The van der Waals surface area contributed by atoms with Gasteiger partial charge in [-0.15, -0.1) is 0 Å². The Labute approximate surface area is 73.0 Å². The van der Waals surface area contributed by atoms with Crippen LogP contribution in [0.3, 0.4) is 0 Å². The van der Waals surface area contributed by atoms with Gasteiger partial charge in [-0.2, -0.15) is 0 Å². The van der Waals surface area contributed by atoms with Crippen molar-refractivity contribution >= 4 is 17.6 Å². The fraction of sp³-hybridized carbons (Fsp3) is 0.167. The third-order valence-electron chi connectivity index (χ3n) is 1.15. The molecule has 1 N–H and O–H groups in total. The predicted octanol–water partition coefficient (Wildman–Crippen LogP) is 0.837. The lowest BCUT2D eigenvalue weighted by atomic mass is 10.4. The van der Waals surface area contributed by atoms with Crippen LogP contribution in [0.1, 0.15) is 10.5 Å².